The molecule has 1 aromatic rings. The molecule has 0 radical (unpaired) electrons. The fourth-order valence-electron chi connectivity index (χ4n) is 3.57. The highest BCUT2D eigenvalue weighted by molar-refractivity contribution is 5.90. The molecule has 5 heteroatoms. The van der Waals surface area contributed by atoms with Crippen molar-refractivity contribution in [2.24, 2.45) is 5.41 Å². The maximum Gasteiger partial charge on any atom is 0.293 e. The van der Waals surface area contributed by atoms with Gasteiger partial charge in [0.05, 0.1) is 0 Å². The summed E-state index contributed by atoms with van der Waals surface area (Å²) in [6, 6.07) is 0. The van der Waals surface area contributed by atoms with Crippen LogP contribution in [0.25, 0.3) is 0 Å². The molecular weight excluding hydrogens is 240 g/mol. The van der Waals surface area contributed by atoms with Gasteiger partial charge in [-0.15, -0.1) is 5.10 Å². The van der Waals surface area contributed by atoms with Crippen molar-refractivity contribution in [2.45, 2.75) is 51.9 Å². The van der Waals surface area contributed by atoms with Gasteiger partial charge < -0.3 is 4.90 Å². The summed E-state index contributed by atoms with van der Waals surface area (Å²) in [5.41, 5.74) is 0.532. The van der Waals surface area contributed by atoms with E-state index in [2.05, 4.69) is 15.2 Å². The summed E-state index contributed by atoms with van der Waals surface area (Å²) < 4.78 is 0. The highest BCUT2D eigenvalue weighted by atomic mass is 16.2. The third-order valence-electron chi connectivity index (χ3n) is 4.81. The van der Waals surface area contributed by atoms with Crippen LogP contribution in [0, 0.1) is 12.3 Å². The Kier molecular flexibility index (Phi) is 3.29. The number of nitrogens with zero attached hydrogens (tertiary/aromatic N) is 3. The van der Waals surface area contributed by atoms with Crippen LogP contribution in [-0.2, 0) is 0 Å². The van der Waals surface area contributed by atoms with E-state index in [1.807, 2.05) is 11.8 Å². The van der Waals surface area contributed by atoms with Crippen molar-refractivity contribution >= 4 is 5.91 Å². The van der Waals surface area contributed by atoms with Gasteiger partial charge in [0.2, 0.25) is 5.82 Å². The molecule has 2 fully saturated rings. The molecule has 2 aliphatic rings. The van der Waals surface area contributed by atoms with Crippen molar-refractivity contribution in [2.75, 3.05) is 13.1 Å². The third kappa shape index (κ3) is 2.51. The first-order valence-electron chi connectivity index (χ1n) is 7.37. The van der Waals surface area contributed by atoms with E-state index < -0.39 is 0 Å². The SMILES string of the molecule is Cc1nc(C(=O)N2CCC3(CCCCC3)CC2)n[nH]1. The number of aromatic nitrogens is 3. The average Bonchev–Trinajstić information content (AvgIpc) is 2.87. The fourth-order valence-corrected chi connectivity index (χ4v) is 3.57. The zero-order chi connectivity index (χ0) is 13.3. The van der Waals surface area contributed by atoms with Gasteiger partial charge in [-0.25, -0.2) is 4.98 Å². The maximum absolute atomic E-state index is 12.3. The number of hydrogen-bond acceptors (Lipinski definition) is 3. The van der Waals surface area contributed by atoms with Gasteiger partial charge >= 0.3 is 0 Å². The third-order valence-corrected chi connectivity index (χ3v) is 4.81. The van der Waals surface area contributed by atoms with Crippen LogP contribution < -0.4 is 0 Å². The minimum atomic E-state index is -0.0185. The van der Waals surface area contributed by atoms with Crippen molar-refractivity contribution in [1.82, 2.24) is 20.1 Å². The van der Waals surface area contributed by atoms with Crippen LogP contribution in [0.2, 0.25) is 0 Å². The van der Waals surface area contributed by atoms with Crippen LogP contribution in [0.1, 0.15) is 61.4 Å². The van der Waals surface area contributed by atoms with Gasteiger partial charge in [0.25, 0.3) is 5.91 Å². The van der Waals surface area contributed by atoms with Crippen LogP contribution in [0.15, 0.2) is 0 Å². The molecule has 19 heavy (non-hydrogen) atoms. The molecule has 104 valence electrons. The van der Waals surface area contributed by atoms with Crippen LogP contribution in [0.4, 0.5) is 0 Å². The van der Waals surface area contributed by atoms with E-state index in [1.165, 1.54) is 32.1 Å². The van der Waals surface area contributed by atoms with Crippen molar-refractivity contribution in [3.8, 4) is 0 Å². The lowest BCUT2D eigenvalue weighted by Crippen LogP contribution is -2.44. The Morgan fingerprint density at radius 2 is 1.84 bits per heavy atom. The zero-order valence-electron chi connectivity index (χ0n) is 11.6. The van der Waals surface area contributed by atoms with Crippen LogP contribution in [-0.4, -0.2) is 39.1 Å². The van der Waals surface area contributed by atoms with Gasteiger partial charge in [-0.3, -0.25) is 9.89 Å². The first-order valence-corrected chi connectivity index (χ1v) is 7.37. The number of likely N-dealkylation sites (tertiary alicyclic amines) is 1. The minimum Gasteiger partial charge on any atom is -0.336 e. The summed E-state index contributed by atoms with van der Waals surface area (Å²) in [5.74, 6) is 0.996. The van der Waals surface area contributed by atoms with Gasteiger partial charge in [0.1, 0.15) is 5.82 Å². The normalized spacial score (nSPS) is 22.7. The van der Waals surface area contributed by atoms with Crippen LogP contribution in [0.5, 0.6) is 0 Å². The highest BCUT2D eigenvalue weighted by Crippen LogP contribution is 2.44. The lowest BCUT2D eigenvalue weighted by Gasteiger charge is -2.44. The van der Waals surface area contributed by atoms with Crippen molar-refractivity contribution < 1.29 is 4.79 Å². The summed E-state index contributed by atoms with van der Waals surface area (Å²) in [7, 11) is 0. The molecule has 1 amide bonds. The van der Waals surface area contributed by atoms with Gasteiger partial charge in [-0.1, -0.05) is 19.3 Å². The molecule has 0 unspecified atom stereocenters. The second-order valence-corrected chi connectivity index (χ2v) is 6.10. The molecule has 0 bridgehead atoms. The predicted octanol–water partition coefficient (Wildman–Crippen LogP) is 2.30. The van der Waals surface area contributed by atoms with Crippen molar-refractivity contribution in [3.05, 3.63) is 11.6 Å². The fraction of sp³-hybridized carbons (Fsp3) is 0.786. The number of hydrogen-bond donors (Lipinski definition) is 1. The van der Waals surface area contributed by atoms with Crippen LogP contribution >= 0.6 is 0 Å². The topological polar surface area (TPSA) is 61.9 Å². The standard InChI is InChI=1S/C14H22N4O/c1-11-15-12(17-16-11)13(19)18-9-7-14(8-10-18)5-3-2-4-6-14/h2-10H2,1H3,(H,15,16,17). The Morgan fingerprint density at radius 1 is 1.16 bits per heavy atom. The van der Waals surface area contributed by atoms with Gasteiger partial charge in [0, 0.05) is 13.1 Å². The molecule has 1 saturated carbocycles. The first-order chi connectivity index (χ1) is 9.19. The Hall–Kier alpha value is -1.39. The summed E-state index contributed by atoms with van der Waals surface area (Å²) in [5, 5.41) is 6.70. The summed E-state index contributed by atoms with van der Waals surface area (Å²) >= 11 is 0. The van der Waals surface area contributed by atoms with Crippen LogP contribution in [0.3, 0.4) is 0 Å². The number of aryl methyl sites for hydroxylation is 1. The number of carbonyl (C=O) groups excluding carboxylic acids is 1. The van der Waals surface area contributed by atoms with E-state index >= 15 is 0 Å². The summed E-state index contributed by atoms with van der Waals surface area (Å²) in [6.45, 7) is 3.55. The lowest BCUT2D eigenvalue weighted by atomic mass is 9.68. The average molecular weight is 262 g/mol. The van der Waals surface area contributed by atoms with E-state index in [1.54, 1.807) is 0 Å². The molecule has 5 nitrogen and oxygen atoms in total. The van der Waals surface area contributed by atoms with Crippen molar-refractivity contribution in [1.29, 1.82) is 0 Å². The number of carbonyl (C=O) groups is 1. The molecule has 3 rings (SSSR count). The second-order valence-electron chi connectivity index (χ2n) is 6.10. The largest absolute Gasteiger partial charge is 0.336 e. The van der Waals surface area contributed by atoms with E-state index in [9.17, 15) is 4.79 Å². The van der Waals surface area contributed by atoms with Gasteiger partial charge in [-0.2, -0.15) is 0 Å². The van der Waals surface area contributed by atoms with E-state index in [-0.39, 0.29) is 5.91 Å². The monoisotopic (exact) mass is 262 g/mol. The molecule has 1 saturated heterocycles. The number of amides is 1. The number of nitrogens with one attached hydrogen (secondary N) is 1. The van der Waals surface area contributed by atoms with E-state index in [0.29, 0.717) is 17.1 Å². The smallest absolute Gasteiger partial charge is 0.293 e. The molecule has 0 atom stereocenters. The number of rotatable bonds is 1. The molecule has 1 spiro atoms. The second kappa shape index (κ2) is 4.94. The Morgan fingerprint density at radius 3 is 2.42 bits per heavy atom. The highest BCUT2D eigenvalue weighted by Gasteiger charge is 2.37. The molecule has 1 N–H and O–H groups in total. The number of aromatic amines is 1. The molecule has 1 aliphatic heterocycles. The summed E-state index contributed by atoms with van der Waals surface area (Å²) in [4.78, 5) is 18.3. The van der Waals surface area contributed by atoms with E-state index in [4.69, 9.17) is 0 Å². The molecular formula is C14H22N4O. The Balaban J connectivity index is 1.62. The Bertz CT molecular complexity index is 452. The van der Waals surface area contributed by atoms with Gasteiger partial charge in [0.15, 0.2) is 0 Å². The minimum absolute atomic E-state index is 0.0185. The molecule has 0 aromatic carbocycles. The Labute approximate surface area is 113 Å². The number of piperidine rings is 1. The maximum atomic E-state index is 12.3. The van der Waals surface area contributed by atoms with E-state index in [0.717, 1.165) is 25.9 Å². The molecule has 1 aliphatic carbocycles. The zero-order valence-corrected chi connectivity index (χ0v) is 11.6. The molecule has 1 aromatic heterocycles. The lowest BCUT2D eigenvalue weighted by molar-refractivity contribution is 0.0462. The number of H-pyrrole nitrogens is 1. The quantitative estimate of drug-likeness (QED) is 0.844. The predicted molar refractivity (Wildman–Crippen MR) is 71.8 cm³/mol. The van der Waals surface area contributed by atoms with Crippen molar-refractivity contribution in [3.63, 3.8) is 0 Å². The molecule has 2 heterocycles. The van der Waals surface area contributed by atoms with Gasteiger partial charge in [-0.05, 0) is 38.0 Å². The summed E-state index contributed by atoms with van der Waals surface area (Å²) in [6.07, 6.45) is 9.15. The first kappa shape index (κ1) is 12.6.